The minimum atomic E-state index is -0.414. The summed E-state index contributed by atoms with van der Waals surface area (Å²) in [6, 6.07) is 12.6. The van der Waals surface area contributed by atoms with E-state index in [0.29, 0.717) is 12.6 Å². The predicted molar refractivity (Wildman–Crippen MR) is 119 cm³/mol. The van der Waals surface area contributed by atoms with Gasteiger partial charge in [0.2, 0.25) is 5.95 Å². The van der Waals surface area contributed by atoms with Gasteiger partial charge in [-0.15, -0.1) is 0 Å². The van der Waals surface area contributed by atoms with Crippen LogP contribution in [-0.4, -0.2) is 56.9 Å². The van der Waals surface area contributed by atoms with Crippen molar-refractivity contribution in [3.05, 3.63) is 48.2 Å². The lowest BCUT2D eigenvalue weighted by atomic mass is 9.94. The molecule has 9 nitrogen and oxygen atoms in total. The number of para-hydroxylation sites is 1. The Labute approximate surface area is 180 Å². The highest BCUT2D eigenvalue weighted by atomic mass is 16.3. The van der Waals surface area contributed by atoms with Crippen molar-refractivity contribution in [2.24, 2.45) is 5.92 Å². The van der Waals surface area contributed by atoms with E-state index in [1.807, 2.05) is 30.5 Å². The van der Waals surface area contributed by atoms with Crippen molar-refractivity contribution >= 4 is 35.0 Å². The molecule has 1 aliphatic carbocycles. The molecule has 5 N–H and O–H groups in total. The third-order valence-corrected chi connectivity index (χ3v) is 5.61. The summed E-state index contributed by atoms with van der Waals surface area (Å²) in [5.74, 6) is 1.93. The average Bonchev–Trinajstić information content (AvgIpc) is 3.49. The molecule has 3 heterocycles. The van der Waals surface area contributed by atoms with Crippen LogP contribution in [0.4, 0.5) is 17.6 Å². The van der Waals surface area contributed by atoms with Gasteiger partial charge in [-0.25, -0.2) is 0 Å². The lowest BCUT2D eigenvalue weighted by Crippen LogP contribution is -2.23. The smallest absolute Gasteiger partial charge is 0.290 e. The molecule has 2 aliphatic rings. The monoisotopic (exact) mass is 422 g/mol. The van der Waals surface area contributed by atoms with E-state index in [-0.39, 0.29) is 18.3 Å². The first kappa shape index (κ1) is 20.8. The number of aliphatic hydroxyl groups excluding tert-OH is 1. The number of nitrogens with two attached hydrogens (primary N) is 1. The fourth-order valence-electron chi connectivity index (χ4n) is 3.98. The van der Waals surface area contributed by atoms with Crippen molar-refractivity contribution in [3.63, 3.8) is 0 Å². The molecule has 1 aliphatic heterocycles. The minimum absolute atomic E-state index is 0.127. The highest BCUT2D eigenvalue weighted by Crippen LogP contribution is 2.30. The van der Waals surface area contributed by atoms with E-state index >= 15 is 0 Å². The molecule has 1 saturated heterocycles. The number of pyridine rings is 1. The maximum Gasteiger partial charge on any atom is 0.290 e. The third kappa shape index (κ3) is 5.00. The Morgan fingerprint density at radius 2 is 1.97 bits per heavy atom. The molecule has 5 rings (SSSR count). The van der Waals surface area contributed by atoms with Gasteiger partial charge in [0, 0.05) is 42.7 Å². The molecule has 0 bridgehead atoms. The molecule has 2 aromatic heterocycles. The fraction of sp³-hybridized carbons (Fsp3) is 0.364. The van der Waals surface area contributed by atoms with Gasteiger partial charge in [-0.3, -0.25) is 9.78 Å². The number of anilines is 3. The van der Waals surface area contributed by atoms with Crippen LogP contribution in [0.3, 0.4) is 0 Å². The molecule has 0 spiro atoms. The summed E-state index contributed by atoms with van der Waals surface area (Å²) in [7, 11) is 0. The largest absolute Gasteiger partial charge is 0.483 e. The third-order valence-electron chi connectivity index (χ3n) is 5.61. The second-order valence-corrected chi connectivity index (χ2v) is 7.92. The SMILES string of the molecule is Nc1nc(NC2CC2)cc(N2C[C@@H](Cc3ccnc4ccccc34)[C@@H](O)C2)n1.O=CO. The van der Waals surface area contributed by atoms with Gasteiger partial charge < -0.3 is 26.2 Å². The summed E-state index contributed by atoms with van der Waals surface area (Å²) in [5.41, 5.74) is 8.13. The summed E-state index contributed by atoms with van der Waals surface area (Å²) in [5, 5.41) is 22.1. The van der Waals surface area contributed by atoms with Gasteiger partial charge in [-0.1, -0.05) is 18.2 Å². The molecule has 3 aromatic rings. The summed E-state index contributed by atoms with van der Waals surface area (Å²) >= 11 is 0. The number of aromatic nitrogens is 3. The molecular formula is C22H26N6O3. The lowest BCUT2D eigenvalue weighted by Gasteiger charge is -2.18. The van der Waals surface area contributed by atoms with Crippen LogP contribution in [0.15, 0.2) is 42.6 Å². The van der Waals surface area contributed by atoms with Gasteiger partial charge in [-0.05, 0) is 37.0 Å². The molecule has 1 saturated carbocycles. The van der Waals surface area contributed by atoms with Gasteiger partial charge >= 0.3 is 0 Å². The molecule has 9 heteroatoms. The topological polar surface area (TPSA) is 137 Å². The molecular weight excluding hydrogens is 396 g/mol. The van der Waals surface area contributed by atoms with Gasteiger partial charge in [0.05, 0.1) is 11.6 Å². The number of β-amino-alcohol motifs (C(OH)–C–C–N with tert-alkyl or cyclic N) is 1. The number of carboxylic acid groups (broad SMARTS) is 1. The average molecular weight is 422 g/mol. The number of nitrogen functional groups attached to an aromatic ring is 1. The Bertz CT molecular complexity index is 1050. The number of hydrogen-bond donors (Lipinski definition) is 4. The predicted octanol–water partition coefficient (Wildman–Crippen LogP) is 1.92. The first-order chi connectivity index (χ1) is 15.1. The van der Waals surface area contributed by atoms with Crippen LogP contribution in [0, 0.1) is 5.92 Å². The van der Waals surface area contributed by atoms with E-state index in [1.54, 1.807) is 0 Å². The van der Waals surface area contributed by atoms with Gasteiger partial charge in [0.15, 0.2) is 0 Å². The Balaban J connectivity index is 0.000000730. The Kier molecular flexibility index (Phi) is 6.13. The van der Waals surface area contributed by atoms with E-state index in [0.717, 1.165) is 35.5 Å². The van der Waals surface area contributed by atoms with Crippen molar-refractivity contribution in [1.29, 1.82) is 0 Å². The van der Waals surface area contributed by atoms with Gasteiger partial charge in [0.1, 0.15) is 11.6 Å². The number of carbonyl (C=O) groups is 1. The maximum atomic E-state index is 10.7. The first-order valence-corrected chi connectivity index (χ1v) is 10.3. The highest BCUT2D eigenvalue weighted by molar-refractivity contribution is 5.81. The normalized spacial score (nSPS) is 20.2. The standard InChI is InChI=1S/C21H24N6O.CH2O2/c22-21-25-19(24-15-5-6-15)10-20(26-21)27-11-14(18(28)12-27)9-13-7-8-23-17-4-2-1-3-16(13)17;2-1-3/h1-4,7-8,10,14-15,18,28H,5-6,9,11-12H2,(H3,22,24,25,26);1H,(H,2,3)/t14-,18+;/m1./s1. The van der Waals surface area contributed by atoms with Crippen LogP contribution >= 0.6 is 0 Å². The van der Waals surface area contributed by atoms with Crippen molar-refractivity contribution in [2.45, 2.75) is 31.4 Å². The molecule has 0 amide bonds. The summed E-state index contributed by atoms with van der Waals surface area (Å²) < 4.78 is 0. The Hall–Kier alpha value is -3.46. The zero-order valence-electron chi connectivity index (χ0n) is 17.1. The number of hydrogen-bond acceptors (Lipinski definition) is 8. The van der Waals surface area contributed by atoms with Crippen molar-refractivity contribution < 1.29 is 15.0 Å². The molecule has 162 valence electrons. The highest BCUT2D eigenvalue weighted by Gasteiger charge is 2.33. The van der Waals surface area contributed by atoms with Crippen molar-refractivity contribution in [3.8, 4) is 0 Å². The van der Waals surface area contributed by atoms with Crippen LogP contribution in [0.25, 0.3) is 10.9 Å². The second kappa shape index (κ2) is 9.13. The van der Waals surface area contributed by atoms with Crippen LogP contribution in [0.5, 0.6) is 0 Å². The van der Waals surface area contributed by atoms with Gasteiger partial charge in [0.25, 0.3) is 6.47 Å². The number of nitrogens with one attached hydrogen (secondary N) is 1. The van der Waals surface area contributed by atoms with E-state index in [2.05, 4.69) is 37.3 Å². The zero-order valence-corrected chi connectivity index (χ0v) is 17.1. The minimum Gasteiger partial charge on any atom is -0.483 e. The van der Waals surface area contributed by atoms with Crippen LogP contribution < -0.4 is 16.0 Å². The summed E-state index contributed by atoms with van der Waals surface area (Å²) in [6.07, 6.45) is 4.57. The van der Waals surface area contributed by atoms with Crippen molar-refractivity contribution in [1.82, 2.24) is 15.0 Å². The van der Waals surface area contributed by atoms with Crippen LogP contribution in [0.2, 0.25) is 0 Å². The zero-order chi connectivity index (χ0) is 21.8. The second-order valence-electron chi connectivity index (χ2n) is 7.92. The lowest BCUT2D eigenvalue weighted by molar-refractivity contribution is -0.122. The van der Waals surface area contributed by atoms with Gasteiger partial charge in [-0.2, -0.15) is 9.97 Å². The van der Waals surface area contributed by atoms with E-state index in [1.165, 1.54) is 18.4 Å². The molecule has 2 atom stereocenters. The number of fused-ring (bicyclic) bond motifs is 1. The van der Waals surface area contributed by atoms with Crippen molar-refractivity contribution in [2.75, 3.05) is 29.0 Å². The molecule has 1 aromatic carbocycles. The number of rotatable bonds is 5. The first-order valence-electron chi connectivity index (χ1n) is 10.3. The van der Waals surface area contributed by atoms with E-state index < -0.39 is 6.10 Å². The van der Waals surface area contributed by atoms with Crippen LogP contribution in [-0.2, 0) is 11.2 Å². The maximum absolute atomic E-state index is 10.7. The van der Waals surface area contributed by atoms with Crippen LogP contribution in [0.1, 0.15) is 18.4 Å². The number of benzene rings is 1. The molecule has 2 fully saturated rings. The van der Waals surface area contributed by atoms with E-state index in [9.17, 15) is 5.11 Å². The Morgan fingerprint density at radius 1 is 1.19 bits per heavy atom. The van der Waals surface area contributed by atoms with E-state index in [4.69, 9.17) is 15.6 Å². The number of aliphatic hydroxyl groups is 1. The Morgan fingerprint density at radius 3 is 2.74 bits per heavy atom. The quantitative estimate of drug-likeness (QED) is 0.454. The molecule has 31 heavy (non-hydrogen) atoms. The molecule has 0 unspecified atom stereocenters. The summed E-state index contributed by atoms with van der Waals surface area (Å²) in [4.78, 5) is 23.6. The summed E-state index contributed by atoms with van der Waals surface area (Å²) in [6.45, 7) is 1.03. The number of nitrogens with zero attached hydrogens (tertiary/aromatic N) is 4. The fourth-order valence-corrected chi connectivity index (χ4v) is 3.98. The molecule has 0 radical (unpaired) electrons.